The van der Waals surface area contributed by atoms with E-state index in [0.29, 0.717) is 29.1 Å². The molecule has 2 atom stereocenters. The molecule has 172 valence electrons. The number of para-hydroxylation sites is 1. The van der Waals surface area contributed by atoms with Crippen molar-refractivity contribution in [2.75, 3.05) is 24.9 Å². The molecule has 32 heavy (non-hydrogen) atoms. The summed E-state index contributed by atoms with van der Waals surface area (Å²) in [6.45, 7) is 5.93. The number of imidazole rings is 1. The summed E-state index contributed by atoms with van der Waals surface area (Å²) in [6, 6.07) is 10.6. The molecule has 0 radical (unpaired) electrons. The van der Waals surface area contributed by atoms with Crippen LogP contribution in [0.4, 0.5) is 5.69 Å². The number of ether oxygens (including phenoxy) is 2. The van der Waals surface area contributed by atoms with Crippen molar-refractivity contribution in [3.8, 4) is 5.75 Å². The normalized spacial score (nSPS) is 14.2. The molecule has 0 saturated heterocycles. The first-order valence-corrected chi connectivity index (χ1v) is 12.4. The fourth-order valence-electron chi connectivity index (χ4n) is 3.14. The maximum absolute atomic E-state index is 13.6. The van der Waals surface area contributed by atoms with Crippen LogP contribution in [-0.4, -0.2) is 45.7 Å². The first-order chi connectivity index (χ1) is 15.3. The third-order valence-electron chi connectivity index (χ3n) is 4.62. The maximum Gasteiger partial charge on any atom is 0.309 e. The minimum absolute atomic E-state index is 0.0134. The molecule has 0 fully saturated rings. The average molecular weight is 460 g/mol. The lowest BCUT2D eigenvalue weighted by Crippen LogP contribution is -2.23. The van der Waals surface area contributed by atoms with Crippen LogP contribution in [0, 0.1) is 5.92 Å². The first-order valence-electron chi connectivity index (χ1n) is 10.4. The molecule has 0 spiro atoms. The van der Waals surface area contributed by atoms with Gasteiger partial charge in [-0.2, -0.15) is 0 Å². The molecular formula is C22H29N4O5P. The van der Waals surface area contributed by atoms with E-state index in [1.165, 1.54) is 0 Å². The van der Waals surface area contributed by atoms with Gasteiger partial charge in [-0.15, -0.1) is 0 Å². The van der Waals surface area contributed by atoms with E-state index in [1.807, 2.05) is 10.6 Å². The molecule has 0 amide bonds. The Labute approximate surface area is 187 Å². The van der Waals surface area contributed by atoms with E-state index in [0.717, 1.165) is 0 Å². The quantitative estimate of drug-likeness (QED) is 0.260. The zero-order valence-electron chi connectivity index (χ0n) is 18.5. The van der Waals surface area contributed by atoms with Gasteiger partial charge in [0, 0.05) is 12.7 Å². The van der Waals surface area contributed by atoms with Crippen LogP contribution in [0.5, 0.6) is 5.75 Å². The van der Waals surface area contributed by atoms with Crippen LogP contribution in [-0.2, 0) is 25.4 Å². The van der Waals surface area contributed by atoms with Gasteiger partial charge < -0.3 is 24.3 Å². The largest absolute Gasteiger partial charge is 0.463 e. The summed E-state index contributed by atoms with van der Waals surface area (Å²) < 4.78 is 32.2. The Balaban J connectivity index is 1.64. The number of anilines is 1. The van der Waals surface area contributed by atoms with Gasteiger partial charge >= 0.3 is 5.97 Å². The molecule has 1 aromatic carbocycles. The van der Waals surface area contributed by atoms with E-state index < -0.39 is 19.3 Å². The van der Waals surface area contributed by atoms with E-state index in [2.05, 4.69) is 9.97 Å². The number of benzene rings is 1. The van der Waals surface area contributed by atoms with Crippen LogP contribution in [0.3, 0.4) is 0 Å². The molecular weight excluding hydrogens is 431 g/mol. The zero-order valence-corrected chi connectivity index (χ0v) is 19.4. The SMILES string of the molecule is CC(C)OC(=O)[C@H](C)CP(=O)(COCCn1cnc2c(N)ccnc21)Oc1ccccc1. The van der Waals surface area contributed by atoms with Gasteiger partial charge in [0.15, 0.2) is 5.65 Å². The predicted molar refractivity (Wildman–Crippen MR) is 123 cm³/mol. The van der Waals surface area contributed by atoms with E-state index in [4.69, 9.17) is 19.7 Å². The van der Waals surface area contributed by atoms with Crippen LogP contribution < -0.4 is 10.3 Å². The molecule has 10 heteroatoms. The highest BCUT2D eigenvalue weighted by molar-refractivity contribution is 7.59. The Bertz CT molecular complexity index is 1090. The summed E-state index contributed by atoms with van der Waals surface area (Å²) in [6.07, 6.45) is 2.89. The van der Waals surface area contributed by atoms with Gasteiger partial charge in [-0.05, 0) is 32.0 Å². The number of pyridine rings is 1. The molecule has 0 aliphatic rings. The molecule has 3 rings (SSSR count). The van der Waals surface area contributed by atoms with Gasteiger partial charge in [-0.1, -0.05) is 25.1 Å². The van der Waals surface area contributed by atoms with Crippen molar-refractivity contribution < 1.29 is 23.4 Å². The Kier molecular flexibility index (Phi) is 7.88. The minimum Gasteiger partial charge on any atom is -0.463 e. The Hall–Kier alpha value is -2.90. The van der Waals surface area contributed by atoms with Gasteiger partial charge in [0.1, 0.15) is 17.6 Å². The lowest BCUT2D eigenvalue weighted by Gasteiger charge is -2.23. The monoisotopic (exact) mass is 460 g/mol. The second kappa shape index (κ2) is 10.6. The minimum atomic E-state index is -3.34. The maximum atomic E-state index is 13.6. The topological polar surface area (TPSA) is 119 Å². The second-order valence-electron chi connectivity index (χ2n) is 7.84. The Morgan fingerprint density at radius 1 is 1.16 bits per heavy atom. The van der Waals surface area contributed by atoms with Crippen molar-refractivity contribution in [3.05, 3.63) is 48.9 Å². The highest BCUT2D eigenvalue weighted by Gasteiger charge is 2.32. The van der Waals surface area contributed by atoms with Gasteiger partial charge in [0.25, 0.3) is 7.37 Å². The number of rotatable bonds is 11. The molecule has 1 unspecified atom stereocenters. The fraction of sp³-hybridized carbons (Fsp3) is 0.409. The Morgan fingerprint density at radius 3 is 2.62 bits per heavy atom. The summed E-state index contributed by atoms with van der Waals surface area (Å²) in [5, 5.41) is 0. The molecule has 0 aliphatic carbocycles. The molecule has 9 nitrogen and oxygen atoms in total. The number of esters is 1. The van der Waals surface area contributed by atoms with Crippen LogP contribution in [0.15, 0.2) is 48.9 Å². The van der Waals surface area contributed by atoms with Gasteiger partial charge in [-0.3, -0.25) is 9.36 Å². The molecule has 0 saturated carbocycles. The molecule has 2 N–H and O–H groups in total. The van der Waals surface area contributed by atoms with Crippen LogP contribution in [0.1, 0.15) is 20.8 Å². The molecule has 2 aromatic heterocycles. The standard InChI is InChI=1S/C22H29N4O5P/c1-16(2)30-22(27)17(3)13-32(28,31-18-7-5-4-6-8-18)15-29-12-11-26-14-25-20-19(23)9-10-24-21(20)26/h4-10,14,16-17H,11-13,15H2,1-3H3,(H2,23,24)/t17-,32?/m1/s1. The Morgan fingerprint density at radius 2 is 1.91 bits per heavy atom. The lowest BCUT2D eigenvalue weighted by atomic mass is 10.2. The second-order valence-corrected chi connectivity index (χ2v) is 10.3. The number of aromatic nitrogens is 3. The van der Waals surface area contributed by atoms with Crippen LogP contribution >= 0.6 is 7.37 Å². The van der Waals surface area contributed by atoms with E-state index in [9.17, 15) is 9.36 Å². The number of nitrogen functional groups attached to an aromatic ring is 1. The predicted octanol–water partition coefficient (Wildman–Crippen LogP) is 3.93. The van der Waals surface area contributed by atoms with Gasteiger partial charge in [0.05, 0.1) is 36.8 Å². The third kappa shape index (κ3) is 6.31. The summed E-state index contributed by atoms with van der Waals surface area (Å²) in [5.41, 5.74) is 7.75. The lowest BCUT2D eigenvalue weighted by molar-refractivity contribution is -0.151. The number of hydrogen-bond acceptors (Lipinski definition) is 8. The van der Waals surface area contributed by atoms with E-state index >= 15 is 0 Å². The van der Waals surface area contributed by atoms with Crippen molar-refractivity contribution in [2.45, 2.75) is 33.4 Å². The average Bonchev–Trinajstić information content (AvgIpc) is 3.16. The van der Waals surface area contributed by atoms with Crippen molar-refractivity contribution in [2.24, 2.45) is 5.92 Å². The number of nitrogens with zero attached hydrogens (tertiary/aromatic N) is 3. The van der Waals surface area contributed by atoms with Crippen molar-refractivity contribution in [1.82, 2.24) is 14.5 Å². The van der Waals surface area contributed by atoms with Gasteiger partial charge in [0.2, 0.25) is 0 Å². The highest BCUT2D eigenvalue weighted by Crippen LogP contribution is 2.48. The molecule has 0 aliphatic heterocycles. The number of carbonyl (C=O) groups excluding carboxylic acids is 1. The van der Waals surface area contributed by atoms with E-state index in [-0.39, 0.29) is 25.2 Å². The van der Waals surface area contributed by atoms with Crippen molar-refractivity contribution in [3.63, 3.8) is 0 Å². The summed E-state index contributed by atoms with van der Waals surface area (Å²) in [7, 11) is -3.34. The fourth-order valence-corrected chi connectivity index (χ4v) is 5.27. The summed E-state index contributed by atoms with van der Waals surface area (Å²) in [4.78, 5) is 20.8. The van der Waals surface area contributed by atoms with Crippen molar-refractivity contribution >= 4 is 30.2 Å². The smallest absolute Gasteiger partial charge is 0.309 e. The highest BCUT2D eigenvalue weighted by atomic mass is 31.2. The van der Waals surface area contributed by atoms with Crippen LogP contribution in [0.2, 0.25) is 0 Å². The third-order valence-corrected chi connectivity index (χ3v) is 6.84. The number of nitrogens with two attached hydrogens (primary N) is 1. The molecule has 3 aromatic rings. The first kappa shape index (κ1) is 23.8. The summed E-state index contributed by atoms with van der Waals surface area (Å²) in [5.74, 6) is -0.546. The molecule has 2 heterocycles. The van der Waals surface area contributed by atoms with Crippen molar-refractivity contribution in [1.29, 1.82) is 0 Å². The van der Waals surface area contributed by atoms with E-state index in [1.54, 1.807) is 63.6 Å². The number of carbonyl (C=O) groups is 1. The zero-order chi connectivity index (χ0) is 23.1. The number of hydrogen-bond donors (Lipinski definition) is 1. The van der Waals surface area contributed by atoms with Gasteiger partial charge in [-0.25, -0.2) is 9.97 Å². The number of fused-ring (bicyclic) bond motifs is 1. The van der Waals surface area contributed by atoms with Crippen LogP contribution in [0.25, 0.3) is 11.2 Å². The summed E-state index contributed by atoms with van der Waals surface area (Å²) >= 11 is 0. The molecule has 0 bridgehead atoms.